The van der Waals surface area contributed by atoms with E-state index in [1.807, 2.05) is 0 Å². The highest BCUT2D eigenvalue weighted by molar-refractivity contribution is 5.91. The topological polar surface area (TPSA) is 55.5 Å². The Bertz CT molecular complexity index is 726. The van der Waals surface area contributed by atoms with Crippen LogP contribution in [0.25, 0.3) is 0 Å². The third-order valence-corrected chi connectivity index (χ3v) is 3.48. The van der Waals surface area contributed by atoms with E-state index in [1.54, 1.807) is 37.3 Å². The molecule has 7 heteroatoms. The van der Waals surface area contributed by atoms with Gasteiger partial charge in [0.2, 0.25) is 0 Å². The van der Waals surface area contributed by atoms with Gasteiger partial charge in [0.05, 0.1) is 11.0 Å². The van der Waals surface area contributed by atoms with Crippen LogP contribution in [-0.2, 0) is 6.42 Å². The number of hydrogen-bond acceptors (Lipinski definition) is 3. The molecular formula is C17H15F3N2O2. The first-order chi connectivity index (χ1) is 11.3. The lowest BCUT2D eigenvalue weighted by molar-refractivity contribution is -0.384. The third kappa shape index (κ3) is 4.65. The Morgan fingerprint density at radius 2 is 1.71 bits per heavy atom. The van der Waals surface area contributed by atoms with Crippen molar-refractivity contribution in [1.82, 2.24) is 0 Å². The smallest absolute Gasteiger partial charge is 0.277 e. The molecule has 0 spiro atoms. The van der Waals surface area contributed by atoms with Crippen LogP contribution in [0.2, 0.25) is 0 Å². The van der Waals surface area contributed by atoms with E-state index in [1.165, 1.54) is 24.3 Å². The average Bonchev–Trinajstić information content (AvgIpc) is 2.54. The van der Waals surface area contributed by atoms with Crippen molar-refractivity contribution >= 4 is 11.4 Å². The molecule has 4 nitrogen and oxygen atoms in total. The van der Waals surface area contributed by atoms with E-state index in [0.29, 0.717) is 11.1 Å². The van der Waals surface area contributed by atoms with Gasteiger partial charge < -0.3 is 0 Å². The van der Waals surface area contributed by atoms with E-state index in [2.05, 4.69) is 4.99 Å². The lowest BCUT2D eigenvalue weighted by Crippen LogP contribution is -2.26. The first-order valence-electron chi connectivity index (χ1n) is 7.19. The lowest BCUT2D eigenvalue weighted by Gasteiger charge is -2.14. The molecule has 0 aliphatic heterocycles. The monoisotopic (exact) mass is 336 g/mol. The number of rotatable bonds is 5. The van der Waals surface area contributed by atoms with Gasteiger partial charge in [0.25, 0.3) is 5.69 Å². The molecule has 0 saturated carbocycles. The molecule has 0 aliphatic rings. The molecule has 0 aromatic heterocycles. The number of non-ortho nitro benzene ring substituents is 1. The number of halogens is 3. The quantitative estimate of drug-likeness (QED) is 0.443. The van der Waals surface area contributed by atoms with Crippen molar-refractivity contribution in [2.75, 3.05) is 0 Å². The summed E-state index contributed by atoms with van der Waals surface area (Å²) < 4.78 is 39.8. The molecule has 24 heavy (non-hydrogen) atoms. The molecule has 0 aliphatic carbocycles. The molecular weight excluding hydrogens is 321 g/mol. The largest absolute Gasteiger partial charge is 0.429 e. The summed E-state index contributed by atoms with van der Waals surface area (Å²) in [5.41, 5.74) is -0.0745. The van der Waals surface area contributed by atoms with Crippen molar-refractivity contribution in [2.45, 2.75) is 25.6 Å². The summed E-state index contributed by atoms with van der Waals surface area (Å²) in [6, 6.07) is 13.0. The Morgan fingerprint density at radius 1 is 1.12 bits per heavy atom. The maximum atomic E-state index is 13.3. The van der Waals surface area contributed by atoms with Gasteiger partial charge in [0.1, 0.15) is 5.71 Å². The molecule has 1 atom stereocenters. The van der Waals surface area contributed by atoms with Crippen molar-refractivity contribution in [2.24, 2.45) is 4.99 Å². The van der Waals surface area contributed by atoms with Crippen LogP contribution in [0.4, 0.5) is 18.9 Å². The number of hydrogen-bond donors (Lipinski definition) is 0. The van der Waals surface area contributed by atoms with E-state index in [4.69, 9.17) is 0 Å². The summed E-state index contributed by atoms with van der Waals surface area (Å²) >= 11 is 0. The van der Waals surface area contributed by atoms with Crippen molar-refractivity contribution in [3.05, 3.63) is 75.8 Å². The summed E-state index contributed by atoms with van der Waals surface area (Å²) in [4.78, 5) is 13.8. The number of alkyl halides is 3. The Hall–Kier alpha value is -2.70. The van der Waals surface area contributed by atoms with E-state index < -0.39 is 29.3 Å². The van der Waals surface area contributed by atoms with Gasteiger partial charge in [-0.1, -0.05) is 42.5 Å². The third-order valence-electron chi connectivity index (χ3n) is 3.48. The van der Waals surface area contributed by atoms with Gasteiger partial charge in [0.15, 0.2) is 0 Å². The second kappa shape index (κ2) is 7.25. The zero-order valence-corrected chi connectivity index (χ0v) is 12.8. The van der Waals surface area contributed by atoms with Crippen molar-refractivity contribution in [3.63, 3.8) is 0 Å². The van der Waals surface area contributed by atoms with E-state index >= 15 is 0 Å². The minimum atomic E-state index is -4.56. The van der Waals surface area contributed by atoms with Crippen molar-refractivity contribution < 1.29 is 18.1 Å². The molecule has 2 aromatic carbocycles. The number of nitrogens with zero attached hydrogens (tertiary/aromatic N) is 2. The Morgan fingerprint density at radius 3 is 2.21 bits per heavy atom. The zero-order chi connectivity index (χ0) is 17.7. The number of nitro groups is 1. The highest BCUT2D eigenvalue weighted by Gasteiger charge is 2.35. The first kappa shape index (κ1) is 17.7. The lowest BCUT2D eigenvalue weighted by atomic mass is 10.1. The molecule has 0 bridgehead atoms. The van der Waals surface area contributed by atoms with Gasteiger partial charge in [-0.05, 0) is 18.1 Å². The van der Waals surface area contributed by atoms with Crippen LogP contribution >= 0.6 is 0 Å². The van der Waals surface area contributed by atoms with Gasteiger partial charge in [-0.15, -0.1) is 0 Å². The Balaban J connectivity index is 2.26. The highest BCUT2D eigenvalue weighted by atomic mass is 19.4. The Kier molecular flexibility index (Phi) is 5.33. The SMILES string of the molecule is C[C@H](N=C(Cc1ccc([N+](=O)[O-])cc1)C(F)(F)F)c1ccccc1. The predicted molar refractivity (Wildman–Crippen MR) is 85.1 cm³/mol. The fraction of sp³-hybridized carbons (Fsp3) is 0.235. The molecule has 126 valence electrons. The predicted octanol–water partition coefficient (Wildman–Crippen LogP) is 4.90. The number of nitro benzene ring substituents is 1. The normalized spacial score (nSPS) is 13.6. The van der Waals surface area contributed by atoms with Gasteiger partial charge >= 0.3 is 6.18 Å². The fourth-order valence-corrected chi connectivity index (χ4v) is 2.19. The minimum absolute atomic E-state index is 0.165. The molecule has 2 rings (SSSR count). The maximum Gasteiger partial charge on any atom is 0.429 e. The fourth-order valence-electron chi connectivity index (χ4n) is 2.19. The molecule has 0 radical (unpaired) electrons. The molecule has 0 N–H and O–H groups in total. The highest BCUT2D eigenvalue weighted by Crippen LogP contribution is 2.25. The van der Waals surface area contributed by atoms with E-state index in [0.717, 1.165) is 0 Å². The maximum absolute atomic E-state index is 13.3. The number of aliphatic imine (C=N–C) groups is 1. The van der Waals surface area contributed by atoms with Crippen LogP contribution in [0.1, 0.15) is 24.1 Å². The van der Waals surface area contributed by atoms with Crippen LogP contribution in [0, 0.1) is 10.1 Å². The van der Waals surface area contributed by atoms with Gasteiger partial charge in [-0.3, -0.25) is 15.1 Å². The van der Waals surface area contributed by atoms with Gasteiger partial charge in [-0.2, -0.15) is 13.2 Å². The van der Waals surface area contributed by atoms with Crippen LogP contribution in [0.3, 0.4) is 0 Å². The van der Waals surface area contributed by atoms with Crippen LogP contribution in [-0.4, -0.2) is 16.8 Å². The standard InChI is InChI=1S/C17H15F3N2O2/c1-12(14-5-3-2-4-6-14)21-16(17(18,19)20)11-13-7-9-15(10-8-13)22(23)24/h2-10,12H,11H2,1H3/t12-/m0/s1. The average molecular weight is 336 g/mol. The molecule has 0 amide bonds. The van der Waals surface area contributed by atoms with Crippen molar-refractivity contribution in [1.29, 1.82) is 0 Å². The second-order valence-corrected chi connectivity index (χ2v) is 5.26. The summed E-state index contributed by atoms with van der Waals surface area (Å²) in [6.45, 7) is 1.59. The zero-order valence-electron chi connectivity index (χ0n) is 12.8. The summed E-state index contributed by atoms with van der Waals surface area (Å²) in [6.07, 6.45) is -5.00. The molecule has 0 heterocycles. The van der Waals surface area contributed by atoms with Crippen LogP contribution in [0.5, 0.6) is 0 Å². The van der Waals surface area contributed by atoms with Crippen LogP contribution in [0.15, 0.2) is 59.6 Å². The van der Waals surface area contributed by atoms with Crippen molar-refractivity contribution in [3.8, 4) is 0 Å². The molecule has 2 aromatic rings. The summed E-state index contributed by atoms with van der Waals surface area (Å²) in [5, 5.41) is 10.6. The number of benzene rings is 2. The van der Waals surface area contributed by atoms with Gasteiger partial charge in [-0.25, -0.2) is 0 Å². The second-order valence-electron chi connectivity index (χ2n) is 5.26. The molecule has 0 fully saturated rings. The van der Waals surface area contributed by atoms with Gasteiger partial charge in [0, 0.05) is 18.6 Å². The summed E-state index contributed by atoms with van der Waals surface area (Å²) in [7, 11) is 0. The molecule has 0 unspecified atom stereocenters. The minimum Gasteiger partial charge on any atom is -0.277 e. The Labute approximate surface area is 136 Å². The van der Waals surface area contributed by atoms with E-state index in [9.17, 15) is 23.3 Å². The summed E-state index contributed by atoms with van der Waals surface area (Å²) in [5.74, 6) is 0. The van der Waals surface area contributed by atoms with Crippen LogP contribution < -0.4 is 0 Å². The first-order valence-corrected chi connectivity index (χ1v) is 7.19. The molecule has 0 saturated heterocycles. The van der Waals surface area contributed by atoms with E-state index in [-0.39, 0.29) is 5.69 Å².